The summed E-state index contributed by atoms with van der Waals surface area (Å²) in [6.45, 7) is 6.51. The van der Waals surface area contributed by atoms with E-state index in [0.717, 1.165) is 33.3 Å². The number of para-hydroxylation sites is 1. The third kappa shape index (κ3) is 4.81. The number of pyridine rings is 2. The molecule has 0 bridgehead atoms. The number of nitrogens with zero attached hydrogens (tertiary/aromatic N) is 2. The van der Waals surface area contributed by atoms with Crippen molar-refractivity contribution in [2.45, 2.75) is 26.2 Å². The molecule has 0 saturated carbocycles. The van der Waals surface area contributed by atoms with Crippen LogP contribution in [0.4, 0.5) is 0 Å². The lowest BCUT2D eigenvalue weighted by atomic mass is 9.88. The van der Waals surface area contributed by atoms with Crippen molar-refractivity contribution in [1.29, 1.82) is 0 Å². The van der Waals surface area contributed by atoms with Crippen molar-refractivity contribution >= 4 is 21.7 Å². The van der Waals surface area contributed by atoms with E-state index in [1.54, 1.807) is 6.20 Å². The first-order valence-electron chi connectivity index (χ1n) is 12.7. The van der Waals surface area contributed by atoms with Gasteiger partial charge in [-0.25, -0.2) is 9.97 Å². The smallest absolute Gasteiger partial charge is 0.219 e. The number of benzene rings is 4. The first kappa shape index (κ1) is 23.7. The quantitative estimate of drug-likeness (QED) is 0.223. The van der Waals surface area contributed by atoms with Crippen LogP contribution in [-0.4, -0.2) is 9.97 Å². The lowest BCUT2D eigenvalue weighted by Gasteiger charge is -2.19. The zero-order valence-electron chi connectivity index (χ0n) is 21.7. The highest BCUT2D eigenvalue weighted by Gasteiger charge is 2.15. The zero-order chi connectivity index (χ0) is 26.1. The Balaban J connectivity index is 1.30. The highest BCUT2D eigenvalue weighted by atomic mass is 16.5. The molecule has 2 aromatic heterocycles. The lowest BCUT2D eigenvalue weighted by Crippen LogP contribution is -2.11. The van der Waals surface area contributed by atoms with Gasteiger partial charge in [0.05, 0.1) is 11.2 Å². The van der Waals surface area contributed by atoms with Gasteiger partial charge in [0.15, 0.2) is 0 Å². The molecule has 0 N–H and O–H groups in total. The maximum absolute atomic E-state index is 6.27. The van der Waals surface area contributed by atoms with Crippen LogP contribution in [0, 0.1) is 0 Å². The number of fused-ring (bicyclic) bond motifs is 3. The Hall–Kier alpha value is -4.70. The standard InChI is InChI=1S/C34H28N2O2/c1-34(2,3)24-18-19-35-32(21-24)38-27-13-9-12-26(22-27)37-25-11-8-10-23(20-25)33-30-16-5-4-14-28(30)29-15-6-7-17-31(29)36-33/h4-22H,1-3H3. The van der Waals surface area contributed by atoms with Gasteiger partial charge in [-0.2, -0.15) is 0 Å². The summed E-state index contributed by atoms with van der Waals surface area (Å²) in [5, 5.41) is 3.45. The molecule has 0 saturated heterocycles. The maximum atomic E-state index is 6.27. The second-order valence-electron chi connectivity index (χ2n) is 10.4. The van der Waals surface area contributed by atoms with Crippen LogP contribution < -0.4 is 9.47 Å². The van der Waals surface area contributed by atoms with Gasteiger partial charge in [0.1, 0.15) is 17.2 Å². The summed E-state index contributed by atoms with van der Waals surface area (Å²) in [4.78, 5) is 9.41. The van der Waals surface area contributed by atoms with Crippen LogP contribution in [0.15, 0.2) is 115 Å². The van der Waals surface area contributed by atoms with Crippen LogP contribution in [0.1, 0.15) is 26.3 Å². The van der Waals surface area contributed by atoms with Crippen molar-refractivity contribution in [2.75, 3.05) is 0 Å². The van der Waals surface area contributed by atoms with Crippen molar-refractivity contribution in [3.63, 3.8) is 0 Å². The minimum atomic E-state index is 0.0161. The van der Waals surface area contributed by atoms with E-state index in [-0.39, 0.29) is 5.41 Å². The topological polar surface area (TPSA) is 44.2 Å². The van der Waals surface area contributed by atoms with Crippen molar-refractivity contribution in [2.24, 2.45) is 0 Å². The first-order chi connectivity index (χ1) is 18.4. The van der Waals surface area contributed by atoms with Gasteiger partial charge in [0.2, 0.25) is 5.88 Å². The van der Waals surface area contributed by atoms with Gasteiger partial charge in [-0.1, -0.05) is 81.4 Å². The van der Waals surface area contributed by atoms with Crippen molar-refractivity contribution in [3.8, 4) is 34.4 Å². The summed E-state index contributed by atoms with van der Waals surface area (Å²) < 4.78 is 12.3. The van der Waals surface area contributed by atoms with E-state index in [1.807, 2.05) is 60.7 Å². The number of ether oxygens (including phenoxy) is 2. The van der Waals surface area contributed by atoms with E-state index < -0.39 is 0 Å². The summed E-state index contributed by atoms with van der Waals surface area (Å²) in [7, 11) is 0. The molecule has 0 unspecified atom stereocenters. The lowest BCUT2D eigenvalue weighted by molar-refractivity contribution is 0.446. The van der Waals surface area contributed by atoms with E-state index in [9.17, 15) is 0 Å². The fourth-order valence-electron chi connectivity index (χ4n) is 4.62. The number of hydrogen-bond acceptors (Lipinski definition) is 4. The Morgan fingerprint density at radius 3 is 2.03 bits per heavy atom. The van der Waals surface area contributed by atoms with Gasteiger partial charge in [0.25, 0.3) is 0 Å². The summed E-state index contributed by atoms with van der Waals surface area (Å²) >= 11 is 0. The molecule has 186 valence electrons. The van der Waals surface area contributed by atoms with Gasteiger partial charge in [-0.3, -0.25) is 0 Å². The summed E-state index contributed by atoms with van der Waals surface area (Å²) in [6, 6.07) is 36.3. The molecule has 0 aliphatic carbocycles. The SMILES string of the molecule is CC(C)(C)c1ccnc(Oc2cccc(Oc3cccc(-c4nc5ccccc5c5ccccc45)c3)c2)c1. The van der Waals surface area contributed by atoms with E-state index in [0.29, 0.717) is 17.4 Å². The van der Waals surface area contributed by atoms with Crippen molar-refractivity contribution in [1.82, 2.24) is 9.97 Å². The fraction of sp³-hybridized carbons (Fsp3) is 0.118. The number of hydrogen-bond donors (Lipinski definition) is 0. The van der Waals surface area contributed by atoms with Crippen LogP contribution in [0.3, 0.4) is 0 Å². The third-order valence-corrected chi connectivity index (χ3v) is 6.58. The van der Waals surface area contributed by atoms with Crippen molar-refractivity contribution in [3.05, 3.63) is 121 Å². The van der Waals surface area contributed by atoms with Gasteiger partial charge >= 0.3 is 0 Å². The molecule has 0 fully saturated rings. The molecule has 4 aromatic carbocycles. The second kappa shape index (κ2) is 9.64. The predicted molar refractivity (Wildman–Crippen MR) is 154 cm³/mol. The average molecular weight is 497 g/mol. The number of aromatic nitrogens is 2. The number of rotatable bonds is 5. The Kier molecular flexibility index (Phi) is 6.01. The monoisotopic (exact) mass is 496 g/mol. The predicted octanol–water partition coefficient (Wildman–Crippen LogP) is 9.33. The molecular weight excluding hydrogens is 468 g/mol. The Labute approximate surface area is 222 Å². The summed E-state index contributed by atoms with van der Waals surface area (Å²) in [6.07, 6.45) is 1.78. The Morgan fingerprint density at radius 1 is 0.579 bits per heavy atom. The molecule has 0 aliphatic heterocycles. The normalized spacial score (nSPS) is 11.6. The van der Waals surface area contributed by atoms with E-state index in [1.165, 1.54) is 10.9 Å². The molecule has 0 amide bonds. The molecular formula is C34H28N2O2. The molecule has 0 atom stereocenters. The highest BCUT2D eigenvalue weighted by Crippen LogP contribution is 2.35. The molecule has 4 nitrogen and oxygen atoms in total. The van der Waals surface area contributed by atoms with Crippen LogP contribution in [0.2, 0.25) is 0 Å². The zero-order valence-corrected chi connectivity index (χ0v) is 21.7. The minimum absolute atomic E-state index is 0.0161. The molecule has 6 aromatic rings. The van der Waals surface area contributed by atoms with Crippen LogP contribution in [-0.2, 0) is 5.41 Å². The van der Waals surface area contributed by atoms with E-state index in [4.69, 9.17) is 14.5 Å². The highest BCUT2D eigenvalue weighted by molar-refractivity contribution is 6.10. The molecule has 0 aliphatic rings. The van der Waals surface area contributed by atoms with E-state index in [2.05, 4.69) is 74.3 Å². The van der Waals surface area contributed by atoms with Crippen molar-refractivity contribution < 1.29 is 9.47 Å². The minimum Gasteiger partial charge on any atom is -0.457 e. The second-order valence-corrected chi connectivity index (χ2v) is 10.4. The van der Waals surface area contributed by atoms with Gasteiger partial charge < -0.3 is 9.47 Å². The molecule has 4 heteroatoms. The fourth-order valence-corrected chi connectivity index (χ4v) is 4.62. The first-order valence-corrected chi connectivity index (χ1v) is 12.7. The summed E-state index contributed by atoms with van der Waals surface area (Å²) in [5.74, 6) is 2.64. The van der Waals surface area contributed by atoms with Gasteiger partial charge in [-0.05, 0) is 52.8 Å². The maximum Gasteiger partial charge on any atom is 0.219 e. The molecule has 6 rings (SSSR count). The van der Waals surface area contributed by atoms with Crippen LogP contribution in [0.25, 0.3) is 32.9 Å². The molecule has 0 radical (unpaired) electrons. The van der Waals surface area contributed by atoms with Crippen LogP contribution >= 0.6 is 0 Å². The summed E-state index contributed by atoms with van der Waals surface area (Å²) in [5.41, 5.74) is 4.09. The van der Waals surface area contributed by atoms with E-state index >= 15 is 0 Å². The van der Waals surface area contributed by atoms with Gasteiger partial charge in [-0.15, -0.1) is 0 Å². The van der Waals surface area contributed by atoms with Crippen LogP contribution in [0.5, 0.6) is 23.1 Å². The Morgan fingerprint density at radius 2 is 1.24 bits per heavy atom. The Bertz CT molecular complexity index is 1770. The molecule has 38 heavy (non-hydrogen) atoms. The van der Waals surface area contributed by atoms with Gasteiger partial charge in [0, 0.05) is 34.7 Å². The third-order valence-electron chi connectivity index (χ3n) is 6.58. The largest absolute Gasteiger partial charge is 0.457 e. The average Bonchev–Trinajstić information content (AvgIpc) is 2.93. The molecule has 0 spiro atoms. The molecule has 2 heterocycles.